The lowest BCUT2D eigenvalue weighted by Crippen LogP contribution is -2.43. The van der Waals surface area contributed by atoms with Crippen LogP contribution < -0.4 is 5.32 Å². The molecule has 0 saturated heterocycles. The third kappa shape index (κ3) is 4.17. The topological polar surface area (TPSA) is 29.1 Å². The summed E-state index contributed by atoms with van der Waals surface area (Å²) in [6, 6.07) is 0.126. The molecule has 0 spiro atoms. The fourth-order valence-electron chi connectivity index (χ4n) is 2.84. The normalized spacial score (nSPS) is 24.9. The van der Waals surface area contributed by atoms with Crippen molar-refractivity contribution in [3.8, 4) is 0 Å². The number of halogens is 1. The van der Waals surface area contributed by atoms with Gasteiger partial charge in [-0.25, -0.2) is 0 Å². The first kappa shape index (κ1) is 14.8. The zero-order chi connectivity index (χ0) is 13.1. The van der Waals surface area contributed by atoms with Crippen LogP contribution in [0.5, 0.6) is 0 Å². The van der Waals surface area contributed by atoms with Gasteiger partial charge in [0, 0.05) is 17.8 Å². The van der Waals surface area contributed by atoms with Crippen molar-refractivity contribution in [2.75, 3.05) is 5.88 Å². The standard InChI is InChI=1S/C14H26ClNO/c1-10(2)8-11(9-15)16-13(17)12-6-5-7-14(12,3)4/h10-12H,5-9H2,1-4H3,(H,16,17). The molecule has 2 nitrogen and oxygen atoms in total. The molecule has 1 amide bonds. The Bertz CT molecular complexity index is 263. The summed E-state index contributed by atoms with van der Waals surface area (Å²) >= 11 is 5.92. The molecule has 0 heterocycles. The van der Waals surface area contributed by atoms with Crippen LogP contribution in [0.1, 0.15) is 53.4 Å². The fourth-order valence-corrected chi connectivity index (χ4v) is 3.05. The van der Waals surface area contributed by atoms with Crippen molar-refractivity contribution in [3.63, 3.8) is 0 Å². The molecule has 1 aliphatic carbocycles. The van der Waals surface area contributed by atoms with Crippen LogP contribution in [0.3, 0.4) is 0 Å². The SMILES string of the molecule is CC(C)CC(CCl)NC(=O)C1CCCC1(C)C. The molecule has 17 heavy (non-hydrogen) atoms. The predicted molar refractivity (Wildman–Crippen MR) is 73.2 cm³/mol. The number of hydrogen-bond donors (Lipinski definition) is 1. The van der Waals surface area contributed by atoms with E-state index in [-0.39, 0.29) is 23.3 Å². The van der Waals surface area contributed by atoms with E-state index in [0.29, 0.717) is 11.8 Å². The number of alkyl halides is 1. The summed E-state index contributed by atoms with van der Waals surface area (Å²) in [6.45, 7) is 8.71. The lowest BCUT2D eigenvalue weighted by atomic mass is 9.81. The van der Waals surface area contributed by atoms with Gasteiger partial charge in [0.05, 0.1) is 0 Å². The van der Waals surface area contributed by atoms with E-state index in [1.54, 1.807) is 0 Å². The second kappa shape index (κ2) is 6.08. The predicted octanol–water partition coefficient (Wildman–Crippen LogP) is 3.58. The van der Waals surface area contributed by atoms with Crippen LogP contribution in [0.4, 0.5) is 0 Å². The van der Waals surface area contributed by atoms with Crippen molar-refractivity contribution in [1.29, 1.82) is 0 Å². The number of hydrogen-bond acceptors (Lipinski definition) is 1. The van der Waals surface area contributed by atoms with Gasteiger partial charge < -0.3 is 5.32 Å². The van der Waals surface area contributed by atoms with Crippen LogP contribution in [0.15, 0.2) is 0 Å². The Morgan fingerprint density at radius 1 is 1.47 bits per heavy atom. The van der Waals surface area contributed by atoms with E-state index in [1.807, 2.05) is 0 Å². The quantitative estimate of drug-likeness (QED) is 0.752. The maximum absolute atomic E-state index is 12.2. The second-order valence-corrected chi connectivity index (χ2v) is 6.73. The van der Waals surface area contributed by atoms with E-state index in [0.717, 1.165) is 19.3 Å². The molecule has 0 bridgehead atoms. The van der Waals surface area contributed by atoms with E-state index in [9.17, 15) is 4.79 Å². The summed E-state index contributed by atoms with van der Waals surface area (Å²) in [6.07, 6.45) is 4.31. The van der Waals surface area contributed by atoms with Gasteiger partial charge in [0.2, 0.25) is 5.91 Å². The highest BCUT2D eigenvalue weighted by Gasteiger charge is 2.39. The zero-order valence-electron chi connectivity index (χ0n) is 11.6. The lowest BCUT2D eigenvalue weighted by Gasteiger charge is -2.28. The van der Waals surface area contributed by atoms with Gasteiger partial charge in [-0.3, -0.25) is 4.79 Å². The monoisotopic (exact) mass is 259 g/mol. The summed E-state index contributed by atoms with van der Waals surface area (Å²) in [5.74, 6) is 1.45. The van der Waals surface area contributed by atoms with Crippen LogP contribution in [-0.2, 0) is 4.79 Å². The summed E-state index contributed by atoms with van der Waals surface area (Å²) in [5, 5.41) is 3.12. The molecule has 1 saturated carbocycles. The van der Waals surface area contributed by atoms with Crippen molar-refractivity contribution in [2.24, 2.45) is 17.3 Å². The third-order valence-electron chi connectivity index (χ3n) is 3.86. The largest absolute Gasteiger partial charge is 0.352 e. The van der Waals surface area contributed by atoms with Crippen molar-refractivity contribution in [3.05, 3.63) is 0 Å². The molecule has 3 heteroatoms. The summed E-state index contributed by atoms with van der Waals surface area (Å²) in [5.41, 5.74) is 0.152. The molecule has 0 aromatic heterocycles. The van der Waals surface area contributed by atoms with Gasteiger partial charge >= 0.3 is 0 Å². The van der Waals surface area contributed by atoms with E-state index in [1.165, 1.54) is 6.42 Å². The van der Waals surface area contributed by atoms with E-state index >= 15 is 0 Å². The Morgan fingerprint density at radius 2 is 2.12 bits per heavy atom. The van der Waals surface area contributed by atoms with E-state index in [2.05, 4.69) is 33.0 Å². The summed E-state index contributed by atoms with van der Waals surface area (Å²) < 4.78 is 0. The van der Waals surface area contributed by atoms with Crippen molar-refractivity contribution < 1.29 is 4.79 Å². The Hall–Kier alpha value is -0.240. The van der Waals surface area contributed by atoms with Crippen molar-refractivity contribution in [2.45, 2.75) is 59.4 Å². The van der Waals surface area contributed by atoms with Crippen molar-refractivity contribution >= 4 is 17.5 Å². The fraction of sp³-hybridized carbons (Fsp3) is 0.929. The molecule has 0 aromatic carbocycles. The zero-order valence-corrected chi connectivity index (χ0v) is 12.3. The van der Waals surface area contributed by atoms with Crippen LogP contribution in [-0.4, -0.2) is 17.8 Å². The minimum absolute atomic E-state index is 0.126. The number of carbonyl (C=O) groups excluding carboxylic acids is 1. The van der Waals surface area contributed by atoms with E-state index < -0.39 is 0 Å². The molecule has 2 unspecified atom stereocenters. The highest BCUT2D eigenvalue weighted by Crippen LogP contribution is 2.42. The summed E-state index contributed by atoms with van der Waals surface area (Å²) in [4.78, 5) is 12.2. The molecule has 2 atom stereocenters. The first-order chi connectivity index (χ1) is 7.86. The summed E-state index contributed by atoms with van der Waals surface area (Å²) in [7, 11) is 0. The highest BCUT2D eigenvalue weighted by atomic mass is 35.5. The molecule has 0 radical (unpaired) electrons. The minimum atomic E-state index is 0.126. The van der Waals surface area contributed by atoms with Gasteiger partial charge in [-0.05, 0) is 30.6 Å². The smallest absolute Gasteiger partial charge is 0.223 e. The van der Waals surface area contributed by atoms with Crippen LogP contribution >= 0.6 is 11.6 Å². The van der Waals surface area contributed by atoms with Gasteiger partial charge in [-0.2, -0.15) is 0 Å². The average molecular weight is 260 g/mol. The number of carbonyl (C=O) groups is 1. The average Bonchev–Trinajstić information content (AvgIpc) is 2.56. The minimum Gasteiger partial charge on any atom is -0.352 e. The second-order valence-electron chi connectivity index (χ2n) is 6.42. The maximum atomic E-state index is 12.2. The Balaban J connectivity index is 2.52. The molecule has 0 aromatic rings. The van der Waals surface area contributed by atoms with Crippen LogP contribution in [0, 0.1) is 17.3 Å². The first-order valence-corrected chi connectivity index (χ1v) is 7.26. The lowest BCUT2D eigenvalue weighted by molar-refractivity contribution is -0.128. The van der Waals surface area contributed by atoms with Crippen molar-refractivity contribution in [1.82, 2.24) is 5.32 Å². The van der Waals surface area contributed by atoms with Gasteiger partial charge in [0.15, 0.2) is 0 Å². The van der Waals surface area contributed by atoms with Crippen LogP contribution in [0.25, 0.3) is 0 Å². The molecule has 1 N–H and O–H groups in total. The molecule has 1 aliphatic rings. The number of nitrogens with one attached hydrogen (secondary N) is 1. The molecular formula is C14H26ClNO. The molecule has 1 fully saturated rings. The van der Waals surface area contributed by atoms with Crippen LogP contribution in [0.2, 0.25) is 0 Å². The van der Waals surface area contributed by atoms with Gasteiger partial charge in [0.25, 0.3) is 0 Å². The first-order valence-electron chi connectivity index (χ1n) is 6.73. The Labute approximate surface area is 110 Å². The molecule has 1 rings (SSSR count). The molecule has 0 aliphatic heterocycles. The Kier molecular flexibility index (Phi) is 5.30. The third-order valence-corrected chi connectivity index (χ3v) is 4.23. The Morgan fingerprint density at radius 3 is 2.53 bits per heavy atom. The number of amides is 1. The maximum Gasteiger partial charge on any atom is 0.223 e. The van der Waals surface area contributed by atoms with Gasteiger partial charge in [-0.15, -0.1) is 11.6 Å². The van der Waals surface area contributed by atoms with Gasteiger partial charge in [0.1, 0.15) is 0 Å². The van der Waals surface area contributed by atoms with E-state index in [4.69, 9.17) is 11.6 Å². The molecule has 100 valence electrons. The van der Waals surface area contributed by atoms with Gasteiger partial charge in [-0.1, -0.05) is 34.1 Å². The molecular weight excluding hydrogens is 234 g/mol. The highest BCUT2D eigenvalue weighted by molar-refractivity contribution is 6.18. The number of rotatable bonds is 5.